The SMILES string of the molecule is CCC(=O)c1ccc(-c2nc(CC#N)c(C)[nH]2)cc1. The molecule has 0 bridgehead atoms. The van der Waals surface area contributed by atoms with Crippen LogP contribution in [0, 0.1) is 18.3 Å². The molecule has 0 fully saturated rings. The van der Waals surface area contributed by atoms with E-state index in [0.717, 1.165) is 22.8 Å². The second-order valence-corrected chi connectivity index (χ2v) is 4.35. The molecule has 0 aliphatic rings. The van der Waals surface area contributed by atoms with Crippen molar-refractivity contribution >= 4 is 5.78 Å². The van der Waals surface area contributed by atoms with E-state index in [-0.39, 0.29) is 5.78 Å². The molecule has 1 heterocycles. The summed E-state index contributed by atoms with van der Waals surface area (Å²) in [6.45, 7) is 3.75. The van der Waals surface area contributed by atoms with Gasteiger partial charge in [-0.1, -0.05) is 31.2 Å². The van der Waals surface area contributed by atoms with Gasteiger partial charge in [0.15, 0.2) is 5.78 Å². The van der Waals surface area contributed by atoms with Crippen molar-refractivity contribution in [2.45, 2.75) is 26.7 Å². The molecule has 0 aliphatic heterocycles. The number of carbonyl (C=O) groups excluding carboxylic acids is 1. The number of hydrogen-bond acceptors (Lipinski definition) is 3. The number of ketones is 1. The lowest BCUT2D eigenvalue weighted by Crippen LogP contribution is -1.95. The maximum absolute atomic E-state index is 11.5. The first-order valence-corrected chi connectivity index (χ1v) is 6.21. The van der Waals surface area contributed by atoms with Crippen molar-refractivity contribution in [3.8, 4) is 17.5 Å². The van der Waals surface area contributed by atoms with Gasteiger partial charge < -0.3 is 4.98 Å². The summed E-state index contributed by atoms with van der Waals surface area (Å²) < 4.78 is 0. The van der Waals surface area contributed by atoms with Crippen LogP contribution in [0.5, 0.6) is 0 Å². The number of aromatic nitrogens is 2. The Balaban J connectivity index is 2.30. The van der Waals surface area contributed by atoms with E-state index in [1.54, 1.807) is 0 Å². The van der Waals surface area contributed by atoms with Crippen LogP contribution in [0.2, 0.25) is 0 Å². The van der Waals surface area contributed by atoms with Crippen LogP contribution in [-0.4, -0.2) is 15.8 Å². The van der Waals surface area contributed by atoms with Crippen LogP contribution < -0.4 is 0 Å². The van der Waals surface area contributed by atoms with Crippen molar-refractivity contribution in [3.63, 3.8) is 0 Å². The molecule has 1 N–H and O–H groups in total. The molecule has 19 heavy (non-hydrogen) atoms. The van der Waals surface area contributed by atoms with Crippen LogP contribution in [0.3, 0.4) is 0 Å². The number of nitriles is 1. The fourth-order valence-corrected chi connectivity index (χ4v) is 1.90. The number of nitrogens with one attached hydrogen (secondary N) is 1. The van der Waals surface area contributed by atoms with Gasteiger partial charge in [0.05, 0.1) is 18.2 Å². The number of aryl methyl sites for hydroxylation is 1. The Morgan fingerprint density at radius 2 is 2.05 bits per heavy atom. The Bertz CT molecular complexity index is 632. The molecule has 0 saturated carbocycles. The summed E-state index contributed by atoms with van der Waals surface area (Å²) in [6.07, 6.45) is 0.806. The number of hydrogen-bond donors (Lipinski definition) is 1. The molecule has 0 aliphatic carbocycles. The molecule has 0 spiro atoms. The summed E-state index contributed by atoms with van der Waals surface area (Å²) in [6, 6.07) is 9.46. The van der Waals surface area contributed by atoms with Crippen LogP contribution in [0.1, 0.15) is 35.1 Å². The molecular formula is C15H15N3O. The van der Waals surface area contributed by atoms with E-state index in [4.69, 9.17) is 5.26 Å². The highest BCUT2D eigenvalue weighted by molar-refractivity contribution is 5.96. The molecule has 4 heteroatoms. The third-order valence-corrected chi connectivity index (χ3v) is 3.03. The van der Waals surface area contributed by atoms with Crippen molar-refractivity contribution in [1.29, 1.82) is 5.26 Å². The fraction of sp³-hybridized carbons (Fsp3) is 0.267. The van der Waals surface area contributed by atoms with Crippen LogP contribution in [-0.2, 0) is 6.42 Å². The minimum atomic E-state index is 0.132. The number of benzene rings is 1. The summed E-state index contributed by atoms with van der Waals surface area (Å²) in [5.41, 5.74) is 3.31. The molecule has 4 nitrogen and oxygen atoms in total. The maximum Gasteiger partial charge on any atom is 0.162 e. The van der Waals surface area contributed by atoms with Crippen LogP contribution >= 0.6 is 0 Å². The Morgan fingerprint density at radius 3 is 2.63 bits per heavy atom. The predicted molar refractivity (Wildman–Crippen MR) is 72.7 cm³/mol. The number of Topliss-reactive ketones (excluding diaryl/α,β-unsaturated/α-hetero) is 1. The van der Waals surface area contributed by atoms with Crippen LogP contribution in [0.4, 0.5) is 0 Å². The Labute approximate surface area is 112 Å². The van der Waals surface area contributed by atoms with Crippen molar-refractivity contribution in [1.82, 2.24) is 9.97 Å². The molecule has 1 aromatic heterocycles. The molecule has 2 rings (SSSR count). The van der Waals surface area contributed by atoms with Gasteiger partial charge in [0.1, 0.15) is 5.82 Å². The van der Waals surface area contributed by atoms with Gasteiger partial charge >= 0.3 is 0 Å². The zero-order chi connectivity index (χ0) is 13.8. The number of nitrogens with zero attached hydrogens (tertiary/aromatic N) is 2. The Hall–Kier alpha value is -2.41. The van der Waals surface area contributed by atoms with E-state index in [9.17, 15) is 4.79 Å². The van der Waals surface area contributed by atoms with Crippen molar-refractivity contribution < 1.29 is 4.79 Å². The second kappa shape index (κ2) is 5.49. The summed E-state index contributed by atoms with van der Waals surface area (Å²) in [7, 11) is 0. The van der Waals surface area contributed by atoms with Gasteiger partial charge in [-0.2, -0.15) is 5.26 Å². The van der Waals surface area contributed by atoms with Gasteiger partial charge in [-0.25, -0.2) is 4.98 Å². The molecule has 2 aromatic rings. The van der Waals surface area contributed by atoms with E-state index in [0.29, 0.717) is 18.4 Å². The predicted octanol–water partition coefficient (Wildman–Crippen LogP) is 3.04. The number of imidazole rings is 1. The second-order valence-electron chi connectivity index (χ2n) is 4.35. The largest absolute Gasteiger partial charge is 0.342 e. The monoisotopic (exact) mass is 253 g/mol. The van der Waals surface area contributed by atoms with Crippen LogP contribution in [0.15, 0.2) is 24.3 Å². The molecular weight excluding hydrogens is 238 g/mol. The molecule has 0 atom stereocenters. The van der Waals surface area contributed by atoms with E-state index < -0.39 is 0 Å². The van der Waals surface area contributed by atoms with Gasteiger partial charge in [0.2, 0.25) is 0 Å². The topological polar surface area (TPSA) is 69.5 Å². The highest BCUT2D eigenvalue weighted by atomic mass is 16.1. The minimum absolute atomic E-state index is 0.132. The smallest absolute Gasteiger partial charge is 0.162 e. The summed E-state index contributed by atoms with van der Waals surface area (Å²) in [4.78, 5) is 19.1. The van der Waals surface area contributed by atoms with Crippen molar-refractivity contribution in [2.24, 2.45) is 0 Å². The number of carbonyl (C=O) groups is 1. The third kappa shape index (κ3) is 2.71. The molecule has 0 radical (unpaired) electrons. The Morgan fingerprint density at radius 1 is 1.37 bits per heavy atom. The first-order valence-electron chi connectivity index (χ1n) is 6.21. The average molecular weight is 253 g/mol. The fourth-order valence-electron chi connectivity index (χ4n) is 1.90. The molecule has 0 unspecified atom stereocenters. The normalized spacial score (nSPS) is 10.2. The highest BCUT2D eigenvalue weighted by Crippen LogP contribution is 2.19. The van der Waals surface area contributed by atoms with E-state index in [1.165, 1.54) is 0 Å². The zero-order valence-electron chi connectivity index (χ0n) is 11.0. The van der Waals surface area contributed by atoms with Gasteiger partial charge in [-0.3, -0.25) is 4.79 Å². The van der Waals surface area contributed by atoms with E-state index in [2.05, 4.69) is 16.0 Å². The van der Waals surface area contributed by atoms with Gasteiger partial charge in [0, 0.05) is 23.2 Å². The van der Waals surface area contributed by atoms with Gasteiger partial charge in [0.25, 0.3) is 0 Å². The molecule has 0 amide bonds. The number of aromatic amines is 1. The molecule has 1 aromatic carbocycles. The standard InChI is InChI=1S/C15H15N3O/c1-3-14(19)11-4-6-12(7-5-11)15-17-10(2)13(18-15)8-9-16/h4-7H,3,8H2,1-2H3,(H,17,18). The lowest BCUT2D eigenvalue weighted by atomic mass is 10.1. The first-order chi connectivity index (χ1) is 9.15. The van der Waals surface area contributed by atoms with Crippen LogP contribution in [0.25, 0.3) is 11.4 Å². The van der Waals surface area contributed by atoms with Crippen molar-refractivity contribution in [2.75, 3.05) is 0 Å². The number of rotatable bonds is 4. The zero-order valence-corrected chi connectivity index (χ0v) is 11.0. The average Bonchev–Trinajstić information content (AvgIpc) is 2.80. The molecule has 0 saturated heterocycles. The lowest BCUT2D eigenvalue weighted by molar-refractivity contribution is 0.0988. The number of H-pyrrole nitrogens is 1. The summed E-state index contributed by atoms with van der Waals surface area (Å²) in [5.74, 6) is 0.866. The van der Waals surface area contributed by atoms with E-state index in [1.807, 2.05) is 38.1 Å². The third-order valence-electron chi connectivity index (χ3n) is 3.03. The first kappa shape index (κ1) is 13.0. The minimum Gasteiger partial charge on any atom is -0.342 e. The summed E-state index contributed by atoms with van der Waals surface area (Å²) in [5, 5.41) is 8.71. The Kier molecular flexibility index (Phi) is 3.76. The van der Waals surface area contributed by atoms with Gasteiger partial charge in [-0.15, -0.1) is 0 Å². The molecule has 96 valence electrons. The van der Waals surface area contributed by atoms with Gasteiger partial charge in [-0.05, 0) is 6.92 Å². The quantitative estimate of drug-likeness (QED) is 0.851. The van der Waals surface area contributed by atoms with Crippen molar-refractivity contribution in [3.05, 3.63) is 41.2 Å². The summed E-state index contributed by atoms with van der Waals surface area (Å²) >= 11 is 0. The highest BCUT2D eigenvalue weighted by Gasteiger charge is 2.09. The lowest BCUT2D eigenvalue weighted by Gasteiger charge is -2.00. The maximum atomic E-state index is 11.5. The van der Waals surface area contributed by atoms with E-state index >= 15 is 0 Å².